The Bertz CT molecular complexity index is 4840. The second-order valence-electron chi connectivity index (χ2n) is 21.5. The van der Waals surface area contributed by atoms with Crippen molar-refractivity contribution in [3.63, 3.8) is 0 Å². The number of rotatable bonds is 6. The first-order chi connectivity index (χ1) is 38.7. The second-order valence-corrected chi connectivity index (χ2v) is 21.5. The molecular weight excluding hydrogens is 944 g/mol. The van der Waals surface area contributed by atoms with E-state index in [9.17, 15) is 0 Å². The standard InChI is InChI=1S/C72H43B2N3O/c1-5-16-44(17-6-1)48-28-34-52(35-29-48)75-61-38-32-50(46-20-9-3-10-21-46)40-58(61)73-57-26-15-25-55-66-70-60(42-56-54-24-13-14-27-65(54)78-72(56)66)74-59-41-51(47-22-11-4-12-23-47)33-39-62(59)76(53-36-30-49(31-37-53)45-18-7-2-8-19-45)64-43-63(75)67(73)71(68(64)74)77(70)69(55)57/h1-43H. The zero-order chi connectivity index (χ0) is 50.7. The molecule has 4 aliphatic heterocycles. The van der Waals surface area contributed by atoms with Gasteiger partial charge >= 0.3 is 0 Å². The number of hydrogen-bond donors (Lipinski definition) is 0. The van der Waals surface area contributed by atoms with Crippen molar-refractivity contribution in [1.29, 1.82) is 0 Å². The number of para-hydroxylation sites is 2. The topological polar surface area (TPSA) is 24.6 Å². The van der Waals surface area contributed by atoms with Gasteiger partial charge in [0, 0.05) is 61.5 Å². The van der Waals surface area contributed by atoms with Crippen molar-refractivity contribution in [1.82, 2.24) is 4.57 Å². The van der Waals surface area contributed by atoms with Gasteiger partial charge in [0.25, 0.3) is 13.4 Å². The Morgan fingerprint density at radius 3 is 1.28 bits per heavy atom. The van der Waals surface area contributed by atoms with Crippen molar-refractivity contribution in [3.8, 4) is 50.2 Å². The van der Waals surface area contributed by atoms with Crippen LogP contribution < -0.4 is 42.6 Å². The first-order valence-corrected chi connectivity index (χ1v) is 27.1. The van der Waals surface area contributed by atoms with Crippen LogP contribution in [0.5, 0.6) is 0 Å². The molecule has 4 nitrogen and oxygen atoms in total. The zero-order valence-electron chi connectivity index (χ0n) is 42.2. The SMILES string of the molecule is c1ccc(-c2ccc(N3c4ccc(-c5ccccc5)cc4B4c5c3cc3c6c5-n5c7c4cccc7c4c7oc8ccccc8c7cc(c45)B6c4cc(-c5ccccc5)ccc4N3c3ccc(-c4ccccc4)cc3)cc2)cc1. The van der Waals surface area contributed by atoms with Crippen molar-refractivity contribution in [2.24, 2.45) is 0 Å². The van der Waals surface area contributed by atoms with Gasteiger partial charge in [0.1, 0.15) is 11.2 Å². The van der Waals surface area contributed by atoms with Crippen LogP contribution in [0, 0.1) is 0 Å². The first kappa shape index (κ1) is 42.2. The molecule has 0 bridgehead atoms. The van der Waals surface area contributed by atoms with E-state index in [0.29, 0.717) is 0 Å². The van der Waals surface area contributed by atoms with E-state index >= 15 is 0 Å². The summed E-state index contributed by atoms with van der Waals surface area (Å²) in [5.41, 5.74) is 30.1. The third kappa shape index (κ3) is 5.70. The van der Waals surface area contributed by atoms with E-state index in [-0.39, 0.29) is 13.4 Å². The van der Waals surface area contributed by atoms with Gasteiger partial charge in [-0.3, -0.25) is 0 Å². The normalized spacial score (nSPS) is 13.3. The van der Waals surface area contributed by atoms with Crippen molar-refractivity contribution < 1.29 is 4.42 Å². The molecule has 0 spiro atoms. The molecule has 0 fully saturated rings. The summed E-state index contributed by atoms with van der Waals surface area (Å²) < 4.78 is 9.81. The van der Waals surface area contributed by atoms with Crippen molar-refractivity contribution in [2.75, 3.05) is 9.80 Å². The van der Waals surface area contributed by atoms with Gasteiger partial charge in [-0.05, 0) is 126 Å². The molecule has 0 saturated carbocycles. The zero-order valence-corrected chi connectivity index (χ0v) is 42.2. The van der Waals surface area contributed by atoms with Crippen LogP contribution in [-0.2, 0) is 0 Å². The minimum Gasteiger partial charge on any atom is -0.455 e. The van der Waals surface area contributed by atoms with Crippen LogP contribution >= 0.6 is 0 Å². The van der Waals surface area contributed by atoms with Crippen molar-refractivity contribution >= 4 is 124 Å². The summed E-state index contributed by atoms with van der Waals surface area (Å²) in [4.78, 5) is 5.15. The highest BCUT2D eigenvalue weighted by Gasteiger charge is 2.51. The van der Waals surface area contributed by atoms with E-state index < -0.39 is 0 Å². The quantitative estimate of drug-likeness (QED) is 0.155. The molecule has 14 aromatic rings. The summed E-state index contributed by atoms with van der Waals surface area (Å²) in [6.07, 6.45) is 0. The minimum atomic E-state index is -0.117. The molecule has 0 atom stereocenters. The lowest BCUT2D eigenvalue weighted by Gasteiger charge is -2.47. The molecule has 18 rings (SSSR count). The van der Waals surface area contributed by atoms with E-state index in [1.165, 1.54) is 128 Å². The van der Waals surface area contributed by atoms with Gasteiger partial charge in [0.05, 0.1) is 10.9 Å². The number of aromatic nitrogens is 1. The predicted octanol–water partition coefficient (Wildman–Crippen LogP) is 14.6. The van der Waals surface area contributed by atoms with Gasteiger partial charge in [-0.25, -0.2) is 0 Å². The molecule has 12 aromatic carbocycles. The molecular formula is C72H43B2N3O. The Morgan fingerprint density at radius 1 is 0.295 bits per heavy atom. The van der Waals surface area contributed by atoms with Gasteiger partial charge in [0.15, 0.2) is 0 Å². The monoisotopic (exact) mass is 987 g/mol. The molecule has 78 heavy (non-hydrogen) atoms. The molecule has 2 aromatic heterocycles. The molecule has 0 unspecified atom stereocenters. The molecule has 6 heteroatoms. The number of nitrogens with zero attached hydrogens (tertiary/aromatic N) is 3. The van der Waals surface area contributed by atoms with E-state index in [0.717, 1.165) is 33.3 Å². The Morgan fingerprint density at radius 2 is 0.744 bits per heavy atom. The molecule has 0 radical (unpaired) electrons. The van der Waals surface area contributed by atoms with Gasteiger partial charge in [-0.15, -0.1) is 0 Å². The molecule has 0 aliphatic carbocycles. The fraction of sp³-hybridized carbons (Fsp3) is 0. The lowest BCUT2D eigenvalue weighted by atomic mass is 9.29. The molecule has 0 N–H and O–H groups in total. The Hall–Kier alpha value is -10.0. The smallest absolute Gasteiger partial charge is 0.252 e. The van der Waals surface area contributed by atoms with Crippen molar-refractivity contribution in [3.05, 3.63) is 261 Å². The Labute approximate surface area is 451 Å². The van der Waals surface area contributed by atoms with Gasteiger partial charge < -0.3 is 18.8 Å². The summed E-state index contributed by atoms with van der Waals surface area (Å²) in [6.45, 7) is -0.197. The fourth-order valence-electron chi connectivity index (χ4n) is 14.3. The maximum Gasteiger partial charge on any atom is 0.252 e. The van der Waals surface area contributed by atoms with Crippen molar-refractivity contribution in [2.45, 2.75) is 0 Å². The Balaban J connectivity index is 1.01. The van der Waals surface area contributed by atoms with Gasteiger partial charge in [-0.2, -0.15) is 0 Å². The van der Waals surface area contributed by atoms with Gasteiger partial charge in [0.2, 0.25) is 0 Å². The van der Waals surface area contributed by atoms with Crippen LogP contribution in [0.3, 0.4) is 0 Å². The number of furan rings is 1. The maximum atomic E-state index is 7.12. The summed E-state index contributed by atoms with van der Waals surface area (Å²) >= 11 is 0. The van der Waals surface area contributed by atoms with Crippen LogP contribution in [0.25, 0.3) is 93.9 Å². The largest absolute Gasteiger partial charge is 0.455 e. The van der Waals surface area contributed by atoms with E-state index in [1.54, 1.807) is 0 Å². The molecule has 358 valence electrons. The predicted molar refractivity (Wildman–Crippen MR) is 328 cm³/mol. The highest BCUT2D eigenvalue weighted by molar-refractivity contribution is 7.04. The lowest BCUT2D eigenvalue weighted by Crippen LogP contribution is -2.67. The number of hydrogen-bond acceptors (Lipinski definition) is 3. The third-order valence-corrected chi connectivity index (χ3v) is 17.5. The molecule has 0 saturated heterocycles. The lowest BCUT2D eigenvalue weighted by molar-refractivity contribution is 0.673. The molecule has 4 aliphatic rings. The highest BCUT2D eigenvalue weighted by atomic mass is 16.3. The van der Waals surface area contributed by atoms with Crippen LogP contribution in [0.15, 0.2) is 265 Å². The number of fused-ring (bicyclic) bond motifs is 11. The summed E-state index contributed by atoms with van der Waals surface area (Å²) in [6, 6.07) is 97.0. The average Bonchev–Trinajstić information content (AvgIpc) is 3.58. The second kappa shape index (κ2) is 15.8. The minimum absolute atomic E-state index is 0.0802. The van der Waals surface area contributed by atoms with E-state index in [4.69, 9.17) is 4.42 Å². The fourth-order valence-corrected chi connectivity index (χ4v) is 14.3. The summed E-state index contributed by atoms with van der Waals surface area (Å²) in [7, 11) is 0. The summed E-state index contributed by atoms with van der Waals surface area (Å²) in [5.74, 6) is 0. The van der Waals surface area contributed by atoms with Crippen LogP contribution in [0.2, 0.25) is 0 Å². The molecule has 6 heterocycles. The maximum absolute atomic E-state index is 7.12. The highest BCUT2D eigenvalue weighted by Crippen LogP contribution is 2.50. The third-order valence-electron chi connectivity index (χ3n) is 17.5. The van der Waals surface area contributed by atoms with E-state index in [2.05, 4.69) is 275 Å². The average molecular weight is 988 g/mol. The molecule has 0 amide bonds. The van der Waals surface area contributed by atoms with E-state index in [1.807, 2.05) is 0 Å². The number of benzene rings is 12. The summed E-state index contributed by atoms with van der Waals surface area (Å²) in [5, 5.41) is 4.71. The first-order valence-electron chi connectivity index (χ1n) is 27.1. The van der Waals surface area contributed by atoms with Crippen LogP contribution in [0.1, 0.15) is 0 Å². The van der Waals surface area contributed by atoms with Crippen LogP contribution in [-0.4, -0.2) is 18.0 Å². The Kier molecular flexibility index (Phi) is 8.53. The van der Waals surface area contributed by atoms with Crippen LogP contribution in [0.4, 0.5) is 34.1 Å². The van der Waals surface area contributed by atoms with Gasteiger partial charge in [-0.1, -0.05) is 212 Å². The number of anilines is 6.